The SMILES string of the molecule is c1ccc(-c2cc(-c3cccc(-c4cccnc4)c3)nc(-c3ccc(-c4ccc5oc6ccccc6c5c4)c4oc5ccccc5c34)n2)cc1. The Bertz CT molecular complexity index is 2870. The third kappa shape index (κ3) is 4.67. The number of rotatable bonds is 5. The monoisotopic (exact) mass is 641 g/mol. The van der Waals surface area contributed by atoms with Crippen molar-refractivity contribution in [3.8, 4) is 56.2 Å². The number of aromatic nitrogens is 3. The van der Waals surface area contributed by atoms with Gasteiger partial charge in [0.2, 0.25) is 0 Å². The van der Waals surface area contributed by atoms with Crippen LogP contribution in [0.5, 0.6) is 0 Å². The van der Waals surface area contributed by atoms with Crippen LogP contribution in [0.2, 0.25) is 0 Å². The second-order valence-electron chi connectivity index (χ2n) is 12.4. The maximum absolute atomic E-state index is 6.69. The lowest BCUT2D eigenvalue weighted by atomic mass is 9.96. The molecular formula is C45H27N3O2. The molecule has 0 saturated heterocycles. The molecule has 0 radical (unpaired) electrons. The zero-order chi connectivity index (χ0) is 33.0. The third-order valence-electron chi connectivity index (χ3n) is 9.40. The van der Waals surface area contributed by atoms with Crippen LogP contribution < -0.4 is 0 Å². The molecule has 0 amide bonds. The van der Waals surface area contributed by atoms with E-state index < -0.39 is 0 Å². The van der Waals surface area contributed by atoms with Crippen LogP contribution in [0, 0.1) is 0 Å². The van der Waals surface area contributed by atoms with E-state index in [0.717, 1.165) is 94.2 Å². The van der Waals surface area contributed by atoms with Crippen LogP contribution >= 0.6 is 0 Å². The molecule has 0 aliphatic heterocycles. The molecule has 5 nitrogen and oxygen atoms in total. The van der Waals surface area contributed by atoms with Gasteiger partial charge in [0.05, 0.1) is 11.4 Å². The van der Waals surface area contributed by atoms with E-state index in [9.17, 15) is 0 Å². The number of pyridine rings is 1. The van der Waals surface area contributed by atoms with Gasteiger partial charge in [0.15, 0.2) is 5.82 Å². The second-order valence-corrected chi connectivity index (χ2v) is 12.4. The van der Waals surface area contributed by atoms with Gasteiger partial charge in [0.25, 0.3) is 0 Å². The maximum Gasteiger partial charge on any atom is 0.161 e. The van der Waals surface area contributed by atoms with Gasteiger partial charge in [-0.2, -0.15) is 0 Å². The Labute approximate surface area is 287 Å². The second kappa shape index (κ2) is 11.4. The molecule has 0 aliphatic carbocycles. The molecule has 0 N–H and O–H groups in total. The molecule has 4 aromatic heterocycles. The fourth-order valence-corrected chi connectivity index (χ4v) is 7.00. The summed E-state index contributed by atoms with van der Waals surface area (Å²) in [6, 6.07) is 51.8. The number of benzene rings is 6. The Morgan fingerprint density at radius 3 is 1.92 bits per heavy atom. The molecule has 0 atom stereocenters. The summed E-state index contributed by atoms with van der Waals surface area (Å²) in [7, 11) is 0. The largest absolute Gasteiger partial charge is 0.456 e. The molecule has 10 aromatic rings. The van der Waals surface area contributed by atoms with Crippen molar-refractivity contribution in [3.05, 3.63) is 164 Å². The van der Waals surface area contributed by atoms with E-state index in [1.807, 2.05) is 72.9 Å². The predicted molar refractivity (Wildman–Crippen MR) is 202 cm³/mol. The number of nitrogens with zero attached hydrogens (tertiary/aromatic N) is 3. The lowest BCUT2D eigenvalue weighted by Gasteiger charge is -2.12. The summed E-state index contributed by atoms with van der Waals surface area (Å²) in [5.74, 6) is 0.632. The highest BCUT2D eigenvalue weighted by Crippen LogP contribution is 2.43. The van der Waals surface area contributed by atoms with Crippen LogP contribution in [0.4, 0.5) is 0 Å². The van der Waals surface area contributed by atoms with Gasteiger partial charge in [-0.15, -0.1) is 0 Å². The van der Waals surface area contributed by atoms with Crippen molar-refractivity contribution < 1.29 is 8.83 Å². The van der Waals surface area contributed by atoms with Crippen molar-refractivity contribution in [2.75, 3.05) is 0 Å². The summed E-state index contributed by atoms with van der Waals surface area (Å²) < 4.78 is 12.8. The van der Waals surface area contributed by atoms with E-state index in [1.165, 1.54) is 0 Å². The molecule has 0 spiro atoms. The van der Waals surface area contributed by atoms with Crippen LogP contribution in [0.1, 0.15) is 0 Å². The molecule has 4 heterocycles. The molecule has 0 fully saturated rings. The van der Waals surface area contributed by atoms with E-state index in [4.69, 9.17) is 18.8 Å². The standard InChI is InChI=1S/C45H27N3O2/c1-2-10-28(11-3-1)38-26-39(31-13-8-12-29(24-31)32-14-9-23-46-27-32)48-45(47-38)36-21-20-33(44-43(36)35-16-5-7-18-41(35)50-44)30-19-22-42-37(25-30)34-15-4-6-17-40(34)49-42/h1-27H. The lowest BCUT2D eigenvalue weighted by Crippen LogP contribution is -1.97. The topological polar surface area (TPSA) is 65.0 Å². The average molecular weight is 642 g/mol. The Kier molecular flexibility index (Phi) is 6.42. The number of fused-ring (bicyclic) bond motifs is 6. The van der Waals surface area contributed by atoms with E-state index in [2.05, 4.69) is 89.9 Å². The Morgan fingerprint density at radius 2 is 1.08 bits per heavy atom. The fraction of sp³-hybridized carbons (Fsp3) is 0. The van der Waals surface area contributed by atoms with Crippen LogP contribution in [0.25, 0.3) is 100 Å². The van der Waals surface area contributed by atoms with Gasteiger partial charge in [0, 0.05) is 61.8 Å². The van der Waals surface area contributed by atoms with E-state index in [-0.39, 0.29) is 0 Å². The van der Waals surface area contributed by atoms with E-state index >= 15 is 0 Å². The third-order valence-corrected chi connectivity index (χ3v) is 9.40. The first kappa shape index (κ1) is 28.2. The van der Waals surface area contributed by atoms with Crippen molar-refractivity contribution in [2.45, 2.75) is 0 Å². The molecular weight excluding hydrogens is 615 g/mol. The smallest absolute Gasteiger partial charge is 0.161 e. The minimum absolute atomic E-state index is 0.632. The van der Waals surface area contributed by atoms with Crippen LogP contribution in [0.15, 0.2) is 173 Å². The maximum atomic E-state index is 6.69. The molecule has 5 heteroatoms. The lowest BCUT2D eigenvalue weighted by molar-refractivity contribution is 0.668. The van der Waals surface area contributed by atoms with Gasteiger partial charge in [-0.3, -0.25) is 4.98 Å². The molecule has 6 aromatic carbocycles. The first-order chi connectivity index (χ1) is 24.8. The normalized spacial score (nSPS) is 11.6. The van der Waals surface area contributed by atoms with Crippen molar-refractivity contribution in [2.24, 2.45) is 0 Å². The summed E-state index contributed by atoms with van der Waals surface area (Å²) >= 11 is 0. The predicted octanol–water partition coefficient (Wildman–Crippen LogP) is 12.0. The Hall–Kier alpha value is -6.85. The summed E-state index contributed by atoms with van der Waals surface area (Å²) in [5.41, 5.74) is 12.1. The minimum Gasteiger partial charge on any atom is -0.456 e. The first-order valence-corrected chi connectivity index (χ1v) is 16.6. The number of hydrogen-bond donors (Lipinski definition) is 0. The van der Waals surface area contributed by atoms with Crippen molar-refractivity contribution in [3.63, 3.8) is 0 Å². The zero-order valence-corrected chi connectivity index (χ0v) is 26.7. The van der Waals surface area contributed by atoms with Crippen molar-refractivity contribution in [1.82, 2.24) is 15.0 Å². The number of furan rings is 2. The van der Waals surface area contributed by atoms with Gasteiger partial charge in [0.1, 0.15) is 22.3 Å². The number of hydrogen-bond acceptors (Lipinski definition) is 5. The minimum atomic E-state index is 0.632. The van der Waals surface area contributed by atoms with Gasteiger partial charge in [-0.05, 0) is 65.7 Å². The Balaban J connectivity index is 1.20. The summed E-state index contributed by atoms with van der Waals surface area (Å²) in [6.07, 6.45) is 3.68. The van der Waals surface area contributed by atoms with Gasteiger partial charge >= 0.3 is 0 Å². The summed E-state index contributed by atoms with van der Waals surface area (Å²) in [4.78, 5) is 14.8. The summed E-state index contributed by atoms with van der Waals surface area (Å²) in [6.45, 7) is 0. The van der Waals surface area contributed by atoms with Gasteiger partial charge < -0.3 is 8.83 Å². The highest BCUT2D eigenvalue weighted by atomic mass is 16.3. The molecule has 0 aliphatic rings. The Morgan fingerprint density at radius 1 is 0.400 bits per heavy atom. The average Bonchev–Trinajstić information content (AvgIpc) is 3.77. The van der Waals surface area contributed by atoms with E-state index in [1.54, 1.807) is 6.20 Å². The molecule has 234 valence electrons. The van der Waals surface area contributed by atoms with Crippen molar-refractivity contribution in [1.29, 1.82) is 0 Å². The zero-order valence-electron chi connectivity index (χ0n) is 26.7. The molecule has 0 saturated carbocycles. The first-order valence-electron chi connectivity index (χ1n) is 16.6. The molecule has 0 bridgehead atoms. The van der Waals surface area contributed by atoms with Crippen LogP contribution in [-0.2, 0) is 0 Å². The molecule has 10 rings (SSSR count). The van der Waals surface area contributed by atoms with Crippen molar-refractivity contribution >= 4 is 43.9 Å². The van der Waals surface area contributed by atoms with Gasteiger partial charge in [-0.1, -0.05) is 97.1 Å². The van der Waals surface area contributed by atoms with Gasteiger partial charge in [-0.25, -0.2) is 9.97 Å². The summed E-state index contributed by atoms with van der Waals surface area (Å²) in [5, 5.41) is 4.16. The molecule has 0 unspecified atom stereocenters. The number of para-hydroxylation sites is 2. The highest BCUT2D eigenvalue weighted by molar-refractivity contribution is 6.16. The van der Waals surface area contributed by atoms with Crippen LogP contribution in [-0.4, -0.2) is 15.0 Å². The van der Waals surface area contributed by atoms with Crippen LogP contribution in [0.3, 0.4) is 0 Å². The fourth-order valence-electron chi connectivity index (χ4n) is 7.00. The molecule has 50 heavy (non-hydrogen) atoms. The highest BCUT2D eigenvalue weighted by Gasteiger charge is 2.21. The quantitative estimate of drug-likeness (QED) is 0.187. The van der Waals surface area contributed by atoms with E-state index in [0.29, 0.717) is 5.82 Å².